The van der Waals surface area contributed by atoms with E-state index >= 15 is 0 Å². The van der Waals surface area contributed by atoms with Crippen molar-refractivity contribution in [3.8, 4) is 11.5 Å². The van der Waals surface area contributed by atoms with Gasteiger partial charge in [-0.2, -0.15) is 0 Å². The number of rotatable bonds is 8. The van der Waals surface area contributed by atoms with Crippen LogP contribution in [0.4, 0.5) is 4.39 Å². The van der Waals surface area contributed by atoms with Gasteiger partial charge in [-0.3, -0.25) is 4.79 Å². The highest BCUT2D eigenvalue weighted by atomic mass is 19.1. The van der Waals surface area contributed by atoms with Crippen LogP contribution >= 0.6 is 0 Å². The summed E-state index contributed by atoms with van der Waals surface area (Å²) in [4.78, 5) is 26.6. The van der Waals surface area contributed by atoms with Crippen LogP contribution in [-0.2, 0) is 20.7 Å². The van der Waals surface area contributed by atoms with Crippen molar-refractivity contribution in [1.82, 2.24) is 4.90 Å². The van der Waals surface area contributed by atoms with E-state index in [9.17, 15) is 14.0 Å². The average molecular weight is 415 g/mol. The molecule has 0 spiro atoms. The zero-order valence-corrected chi connectivity index (χ0v) is 17.2. The summed E-state index contributed by atoms with van der Waals surface area (Å²) < 4.78 is 30.1. The number of nitrogens with zero attached hydrogens (tertiary/aromatic N) is 1. The maximum atomic E-state index is 13.9. The van der Waals surface area contributed by atoms with E-state index in [1.807, 2.05) is 31.2 Å². The van der Waals surface area contributed by atoms with Crippen LogP contribution in [0, 0.1) is 5.82 Å². The molecule has 1 aliphatic rings. The van der Waals surface area contributed by atoms with Crippen LogP contribution in [0.3, 0.4) is 0 Å². The molecule has 0 radical (unpaired) electrons. The van der Waals surface area contributed by atoms with Crippen molar-refractivity contribution < 1.29 is 28.2 Å². The third-order valence-corrected chi connectivity index (χ3v) is 5.07. The molecule has 2 aromatic carbocycles. The minimum atomic E-state index is -0.749. The summed E-state index contributed by atoms with van der Waals surface area (Å²) >= 11 is 0. The van der Waals surface area contributed by atoms with Gasteiger partial charge in [0.1, 0.15) is 17.9 Å². The van der Waals surface area contributed by atoms with Crippen molar-refractivity contribution in [3.63, 3.8) is 0 Å². The Morgan fingerprint density at radius 1 is 1.10 bits per heavy atom. The number of esters is 1. The lowest BCUT2D eigenvalue weighted by Crippen LogP contribution is -2.41. The van der Waals surface area contributed by atoms with Crippen molar-refractivity contribution >= 4 is 11.9 Å². The quantitative estimate of drug-likeness (QED) is 0.619. The van der Waals surface area contributed by atoms with Crippen LogP contribution in [0.2, 0.25) is 0 Å². The van der Waals surface area contributed by atoms with Crippen molar-refractivity contribution in [2.75, 3.05) is 20.3 Å². The number of carbonyl (C=O) groups is 2. The Morgan fingerprint density at radius 2 is 1.80 bits per heavy atom. The van der Waals surface area contributed by atoms with Crippen molar-refractivity contribution in [2.45, 2.75) is 38.3 Å². The Kier molecular flexibility index (Phi) is 7.27. The van der Waals surface area contributed by atoms with Crippen LogP contribution < -0.4 is 9.47 Å². The molecule has 3 rings (SSSR count). The van der Waals surface area contributed by atoms with Gasteiger partial charge in [0.15, 0.2) is 11.6 Å². The van der Waals surface area contributed by atoms with Gasteiger partial charge in [0.25, 0.3) is 0 Å². The zero-order valence-electron chi connectivity index (χ0n) is 17.2. The van der Waals surface area contributed by atoms with E-state index in [-0.39, 0.29) is 31.0 Å². The lowest BCUT2D eigenvalue weighted by atomic mass is 10.1. The highest BCUT2D eigenvalue weighted by molar-refractivity contribution is 5.85. The Hall–Kier alpha value is -3.09. The van der Waals surface area contributed by atoms with Crippen LogP contribution in [0.15, 0.2) is 48.5 Å². The molecule has 1 amide bonds. The number of methoxy groups -OCH3 is 1. The first kappa shape index (κ1) is 21.6. The minimum Gasteiger partial charge on any atom is -0.494 e. The molecule has 160 valence electrons. The molecule has 6 nitrogen and oxygen atoms in total. The minimum absolute atomic E-state index is 0.103. The van der Waals surface area contributed by atoms with Crippen molar-refractivity contribution in [3.05, 3.63) is 59.9 Å². The van der Waals surface area contributed by atoms with E-state index in [1.54, 1.807) is 12.1 Å². The van der Waals surface area contributed by atoms with E-state index in [0.717, 1.165) is 11.3 Å². The number of hydrogen-bond donors (Lipinski definition) is 0. The molecule has 0 saturated carbocycles. The molecule has 7 heteroatoms. The highest BCUT2D eigenvalue weighted by Crippen LogP contribution is 2.27. The number of benzene rings is 2. The summed E-state index contributed by atoms with van der Waals surface area (Å²) in [6.07, 6.45) is 0.454. The predicted octanol–water partition coefficient (Wildman–Crippen LogP) is 3.38. The van der Waals surface area contributed by atoms with Gasteiger partial charge in [0, 0.05) is 12.8 Å². The van der Waals surface area contributed by atoms with Crippen LogP contribution in [0.5, 0.6) is 11.5 Å². The number of hydrogen-bond acceptors (Lipinski definition) is 5. The second-order valence-corrected chi connectivity index (χ2v) is 7.03. The summed E-state index contributed by atoms with van der Waals surface area (Å²) in [5.41, 5.74) is 0.931. The second-order valence-electron chi connectivity index (χ2n) is 7.03. The first-order valence-corrected chi connectivity index (χ1v) is 10.0. The predicted molar refractivity (Wildman–Crippen MR) is 109 cm³/mol. The van der Waals surface area contributed by atoms with Crippen molar-refractivity contribution in [2.24, 2.45) is 0 Å². The first-order valence-electron chi connectivity index (χ1n) is 10.0. The Morgan fingerprint density at radius 3 is 2.50 bits per heavy atom. The number of amides is 1. The van der Waals surface area contributed by atoms with Crippen LogP contribution in [0.1, 0.15) is 25.3 Å². The van der Waals surface area contributed by atoms with E-state index in [0.29, 0.717) is 13.0 Å². The second kappa shape index (κ2) is 10.1. The monoisotopic (exact) mass is 415 g/mol. The fourth-order valence-corrected chi connectivity index (χ4v) is 3.63. The molecule has 30 heavy (non-hydrogen) atoms. The van der Waals surface area contributed by atoms with E-state index in [1.165, 1.54) is 24.1 Å². The molecule has 2 unspecified atom stereocenters. The number of aryl methyl sites for hydroxylation is 1. The Labute approximate surface area is 175 Å². The van der Waals surface area contributed by atoms with Crippen molar-refractivity contribution in [1.29, 1.82) is 0 Å². The molecule has 1 aliphatic heterocycles. The van der Waals surface area contributed by atoms with E-state index in [4.69, 9.17) is 14.2 Å². The number of likely N-dealkylation sites (tertiary alicyclic amines) is 1. The molecule has 0 N–H and O–H groups in total. The van der Waals surface area contributed by atoms with Gasteiger partial charge in [-0.05, 0) is 37.1 Å². The zero-order chi connectivity index (χ0) is 21.5. The maximum absolute atomic E-state index is 13.9. The fraction of sp³-hybridized carbons (Fsp3) is 0.391. The SMILES string of the molecule is CCOc1ccccc1CCC(=O)N1CC(Oc2ccccc2F)CC1C(=O)OC. The molecule has 0 bridgehead atoms. The topological polar surface area (TPSA) is 65.1 Å². The molecular weight excluding hydrogens is 389 g/mol. The molecule has 0 aromatic heterocycles. The number of carbonyl (C=O) groups excluding carboxylic acids is 2. The molecule has 2 aromatic rings. The molecular formula is C23H26FNO5. The van der Waals surface area contributed by atoms with E-state index < -0.39 is 23.9 Å². The average Bonchev–Trinajstić information content (AvgIpc) is 3.18. The van der Waals surface area contributed by atoms with Gasteiger partial charge in [0.05, 0.1) is 20.3 Å². The third kappa shape index (κ3) is 5.09. The molecule has 1 fully saturated rings. The van der Waals surface area contributed by atoms with Gasteiger partial charge in [-0.25, -0.2) is 9.18 Å². The van der Waals surface area contributed by atoms with Gasteiger partial charge >= 0.3 is 5.97 Å². The highest BCUT2D eigenvalue weighted by Gasteiger charge is 2.41. The smallest absolute Gasteiger partial charge is 0.328 e. The van der Waals surface area contributed by atoms with Crippen LogP contribution in [-0.4, -0.2) is 49.2 Å². The van der Waals surface area contributed by atoms with Crippen LogP contribution in [0.25, 0.3) is 0 Å². The van der Waals surface area contributed by atoms with E-state index in [2.05, 4.69) is 0 Å². The third-order valence-electron chi connectivity index (χ3n) is 5.07. The largest absolute Gasteiger partial charge is 0.494 e. The van der Waals surface area contributed by atoms with Gasteiger partial charge < -0.3 is 19.1 Å². The summed E-state index contributed by atoms with van der Waals surface area (Å²) in [7, 11) is 1.29. The Bertz CT molecular complexity index is 887. The fourth-order valence-electron chi connectivity index (χ4n) is 3.63. The van der Waals surface area contributed by atoms with Gasteiger partial charge in [0.2, 0.25) is 5.91 Å². The number of para-hydroxylation sites is 2. The maximum Gasteiger partial charge on any atom is 0.328 e. The lowest BCUT2D eigenvalue weighted by molar-refractivity contribution is -0.150. The lowest BCUT2D eigenvalue weighted by Gasteiger charge is -2.22. The number of halogens is 1. The summed E-state index contributed by atoms with van der Waals surface area (Å²) in [5.74, 6) is -0.316. The first-order chi connectivity index (χ1) is 14.5. The number of ether oxygens (including phenoxy) is 3. The summed E-state index contributed by atoms with van der Waals surface area (Å²) in [6, 6.07) is 12.9. The standard InChI is InChI=1S/C23H26FNO5/c1-3-29-20-10-6-4-8-16(20)12-13-22(26)25-15-17(14-19(25)23(27)28-2)30-21-11-7-5-9-18(21)24/h4-11,17,19H,3,12-15H2,1-2H3. The molecule has 0 aliphatic carbocycles. The molecule has 1 saturated heterocycles. The summed E-state index contributed by atoms with van der Waals surface area (Å²) in [6.45, 7) is 2.64. The molecule has 2 atom stereocenters. The molecule has 1 heterocycles. The normalized spacial score (nSPS) is 18.2. The summed E-state index contributed by atoms with van der Waals surface area (Å²) in [5, 5.41) is 0. The van der Waals surface area contributed by atoms with Gasteiger partial charge in [-0.15, -0.1) is 0 Å². The van der Waals surface area contributed by atoms with Gasteiger partial charge in [-0.1, -0.05) is 30.3 Å². The Balaban J connectivity index is 1.68.